The fourth-order valence-corrected chi connectivity index (χ4v) is 3.23. The van der Waals surface area contributed by atoms with Crippen molar-refractivity contribution in [3.05, 3.63) is 24.0 Å². The zero-order valence-electron chi connectivity index (χ0n) is 12.3. The predicted octanol–water partition coefficient (Wildman–Crippen LogP) is 1.69. The van der Waals surface area contributed by atoms with E-state index in [-0.39, 0.29) is 5.92 Å². The predicted molar refractivity (Wildman–Crippen MR) is 80.8 cm³/mol. The third kappa shape index (κ3) is 2.71. The third-order valence-electron chi connectivity index (χ3n) is 3.45. The fraction of sp³-hybridized carbons (Fsp3) is 0.500. The van der Waals surface area contributed by atoms with E-state index in [1.165, 1.54) is 6.26 Å². The molecule has 0 aliphatic heterocycles. The van der Waals surface area contributed by atoms with Gasteiger partial charge in [0.05, 0.1) is 10.4 Å². The van der Waals surface area contributed by atoms with E-state index in [1.54, 1.807) is 12.1 Å². The zero-order valence-corrected chi connectivity index (χ0v) is 13.2. The van der Waals surface area contributed by atoms with Crippen LogP contribution in [0.15, 0.2) is 23.1 Å². The minimum absolute atomic E-state index is 0.222. The first-order chi connectivity index (χ1) is 9.36. The number of fused-ring (bicyclic) bond motifs is 1. The highest BCUT2D eigenvalue weighted by Crippen LogP contribution is 2.25. The molecule has 110 valence electrons. The van der Waals surface area contributed by atoms with Crippen LogP contribution in [0.25, 0.3) is 11.0 Å². The molecule has 1 aromatic heterocycles. The lowest BCUT2D eigenvalue weighted by Crippen LogP contribution is -2.21. The van der Waals surface area contributed by atoms with Crippen molar-refractivity contribution in [2.75, 3.05) is 19.3 Å². The average molecular weight is 295 g/mol. The van der Waals surface area contributed by atoms with Crippen LogP contribution in [0.1, 0.15) is 25.6 Å². The van der Waals surface area contributed by atoms with Crippen molar-refractivity contribution in [2.24, 2.45) is 7.05 Å². The second kappa shape index (κ2) is 5.54. The van der Waals surface area contributed by atoms with Crippen molar-refractivity contribution in [3.63, 3.8) is 0 Å². The molecule has 0 radical (unpaired) electrons. The highest BCUT2D eigenvalue weighted by atomic mass is 32.2. The van der Waals surface area contributed by atoms with Crippen LogP contribution in [0.2, 0.25) is 0 Å². The first-order valence-corrected chi connectivity index (χ1v) is 8.61. The molecule has 1 atom stereocenters. The molecule has 1 aromatic carbocycles. The number of hydrogen-bond acceptors (Lipinski definition) is 4. The van der Waals surface area contributed by atoms with Gasteiger partial charge in [-0.2, -0.15) is 0 Å². The summed E-state index contributed by atoms with van der Waals surface area (Å²) < 4.78 is 25.7. The van der Waals surface area contributed by atoms with Gasteiger partial charge in [-0.05, 0) is 18.7 Å². The Balaban J connectivity index is 2.58. The van der Waals surface area contributed by atoms with E-state index in [4.69, 9.17) is 0 Å². The fourth-order valence-electron chi connectivity index (χ4n) is 2.40. The number of nitrogens with zero attached hydrogens (tertiary/aromatic N) is 2. The van der Waals surface area contributed by atoms with Gasteiger partial charge >= 0.3 is 0 Å². The van der Waals surface area contributed by atoms with Gasteiger partial charge in [-0.15, -0.1) is 0 Å². The Morgan fingerprint density at radius 1 is 1.40 bits per heavy atom. The van der Waals surface area contributed by atoms with E-state index in [0.717, 1.165) is 24.4 Å². The molecule has 1 N–H and O–H groups in total. The largest absolute Gasteiger partial charge is 0.331 e. The summed E-state index contributed by atoms with van der Waals surface area (Å²) in [5, 5.41) is 3.29. The Morgan fingerprint density at radius 3 is 2.70 bits per heavy atom. The molecule has 0 saturated heterocycles. The Morgan fingerprint density at radius 2 is 2.10 bits per heavy atom. The molecular formula is C14H21N3O2S. The summed E-state index contributed by atoms with van der Waals surface area (Å²) in [6.45, 7) is 5.87. The summed E-state index contributed by atoms with van der Waals surface area (Å²) >= 11 is 0. The molecule has 1 unspecified atom stereocenters. The maximum atomic E-state index is 11.8. The van der Waals surface area contributed by atoms with Crippen molar-refractivity contribution in [1.29, 1.82) is 0 Å². The molecule has 0 aliphatic carbocycles. The molecule has 0 amide bonds. The SMILES string of the molecule is CCNCC(C)c1nc2c(S(C)(=O)=O)cccc2n1C. The van der Waals surface area contributed by atoms with Crippen molar-refractivity contribution >= 4 is 20.9 Å². The molecule has 0 spiro atoms. The van der Waals surface area contributed by atoms with Crippen molar-refractivity contribution in [2.45, 2.75) is 24.7 Å². The number of benzene rings is 1. The second-order valence-electron chi connectivity index (χ2n) is 5.13. The number of aryl methyl sites for hydroxylation is 1. The first-order valence-electron chi connectivity index (χ1n) is 6.72. The highest BCUT2D eigenvalue weighted by Gasteiger charge is 2.19. The van der Waals surface area contributed by atoms with Crippen LogP contribution in [0.5, 0.6) is 0 Å². The molecule has 0 saturated carbocycles. The number of imidazole rings is 1. The Labute approximate surface area is 119 Å². The van der Waals surface area contributed by atoms with Gasteiger partial charge in [0.2, 0.25) is 0 Å². The van der Waals surface area contributed by atoms with Gasteiger partial charge < -0.3 is 9.88 Å². The van der Waals surface area contributed by atoms with Gasteiger partial charge in [-0.1, -0.05) is 19.9 Å². The molecule has 2 aromatic rings. The monoisotopic (exact) mass is 295 g/mol. The van der Waals surface area contributed by atoms with Crippen LogP contribution in [0.3, 0.4) is 0 Å². The van der Waals surface area contributed by atoms with E-state index in [9.17, 15) is 8.42 Å². The normalized spacial score (nSPS) is 13.8. The minimum Gasteiger partial charge on any atom is -0.331 e. The van der Waals surface area contributed by atoms with E-state index in [1.807, 2.05) is 17.7 Å². The van der Waals surface area contributed by atoms with Crippen molar-refractivity contribution < 1.29 is 8.42 Å². The van der Waals surface area contributed by atoms with E-state index >= 15 is 0 Å². The van der Waals surface area contributed by atoms with E-state index in [0.29, 0.717) is 10.4 Å². The summed E-state index contributed by atoms with van der Waals surface area (Å²) in [6, 6.07) is 5.28. The number of para-hydroxylation sites is 1. The molecule has 6 heteroatoms. The van der Waals surface area contributed by atoms with Crippen molar-refractivity contribution in [1.82, 2.24) is 14.9 Å². The van der Waals surface area contributed by atoms with Gasteiger partial charge in [0.1, 0.15) is 11.3 Å². The number of aromatic nitrogens is 2. The molecule has 20 heavy (non-hydrogen) atoms. The number of sulfone groups is 1. The molecule has 2 rings (SSSR count). The van der Waals surface area contributed by atoms with E-state index in [2.05, 4.69) is 24.1 Å². The first kappa shape index (κ1) is 15.0. The molecule has 5 nitrogen and oxygen atoms in total. The summed E-state index contributed by atoms with van der Waals surface area (Å²) in [7, 11) is -1.34. The maximum Gasteiger partial charge on any atom is 0.177 e. The summed E-state index contributed by atoms with van der Waals surface area (Å²) in [5.74, 6) is 1.12. The van der Waals surface area contributed by atoms with Crippen LogP contribution in [-0.2, 0) is 16.9 Å². The Bertz CT molecular complexity index is 719. The number of rotatable bonds is 5. The van der Waals surface area contributed by atoms with Crippen LogP contribution >= 0.6 is 0 Å². The molecule has 0 fully saturated rings. The lowest BCUT2D eigenvalue weighted by atomic mass is 10.1. The topological polar surface area (TPSA) is 64.0 Å². The molecular weight excluding hydrogens is 274 g/mol. The van der Waals surface area contributed by atoms with Crippen LogP contribution in [-0.4, -0.2) is 37.3 Å². The van der Waals surface area contributed by atoms with Crippen molar-refractivity contribution in [3.8, 4) is 0 Å². The lowest BCUT2D eigenvalue weighted by molar-refractivity contribution is 0.593. The average Bonchev–Trinajstić information content (AvgIpc) is 2.72. The van der Waals surface area contributed by atoms with Gasteiger partial charge in [0.15, 0.2) is 9.84 Å². The molecule has 0 aliphatic rings. The van der Waals surface area contributed by atoms with Gasteiger partial charge in [-0.25, -0.2) is 13.4 Å². The van der Waals surface area contributed by atoms with Gasteiger partial charge in [0.25, 0.3) is 0 Å². The lowest BCUT2D eigenvalue weighted by Gasteiger charge is -2.11. The zero-order chi connectivity index (χ0) is 14.9. The van der Waals surface area contributed by atoms with Crippen LogP contribution < -0.4 is 5.32 Å². The van der Waals surface area contributed by atoms with Gasteiger partial charge in [-0.3, -0.25) is 0 Å². The Kier molecular flexibility index (Phi) is 4.15. The smallest absolute Gasteiger partial charge is 0.177 e. The summed E-state index contributed by atoms with van der Waals surface area (Å²) in [5.41, 5.74) is 1.42. The third-order valence-corrected chi connectivity index (χ3v) is 4.58. The second-order valence-corrected chi connectivity index (χ2v) is 7.12. The van der Waals surface area contributed by atoms with Gasteiger partial charge in [0, 0.05) is 25.8 Å². The quantitative estimate of drug-likeness (QED) is 0.911. The standard InChI is InChI=1S/C14H21N3O2S/c1-5-15-9-10(2)14-16-13-11(17(14)3)7-6-8-12(13)20(4,18)19/h6-8,10,15H,5,9H2,1-4H3. The molecule has 1 heterocycles. The van der Waals surface area contributed by atoms with E-state index < -0.39 is 9.84 Å². The number of hydrogen-bond donors (Lipinski definition) is 1. The highest BCUT2D eigenvalue weighted by molar-refractivity contribution is 7.91. The minimum atomic E-state index is -3.27. The van der Waals surface area contributed by atoms with Crippen LogP contribution in [0, 0.1) is 0 Å². The summed E-state index contributed by atoms with van der Waals surface area (Å²) in [4.78, 5) is 4.87. The summed E-state index contributed by atoms with van der Waals surface area (Å²) in [6.07, 6.45) is 1.22. The number of nitrogens with one attached hydrogen (secondary N) is 1. The Hall–Kier alpha value is -1.40. The number of likely N-dealkylation sites (N-methyl/N-ethyl adjacent to an activating group) is 1. The molecule has 0 bridgehead atoms. The maximum absolute atomic E-state index is 11.8. The van der Waals surface area contributed by atoms with Crippen LogP contribution in [0.4, 0.5) is 0 Å².